The quantitative estimate of drug-likeness (QED) is 0.626. The van der Waals surface area contributed by atoms with Crippen LogP contribution in [0.25, 0.3) is 0 Å². The van der Waals surface area contributed by atoms with Gasteiger partial charge in [-0.2, -0.15) is 0 Å². The zero-order chi connectivity index (χ0) is 16.7. The van der Waals surface area contributed by atoms with Gasteiger partial charge in [0.15, 0.2) is 0 Å². The van der Waals surface area contributed by atoms with Gasteiger partial charge in [-0.05, 0) is 67.0 Å². The SMILES string of the molecule is CCc1cn(CCc2ccc(OCCCN(C)C)c(Br)c2)nn1. The number of halogens is 1. The van der Waals surface area contributed by atoms with Gasteiger partial charge in [-0.25, -0.2) is 0 Å². The third-order valence-electron chi connectivity index (χ3n) is 3.58. The van der Waals surface area contributed by atoms with Crippen molar-refractivity contribution in [3.8, 4) is 5.75 Å². The highest BCUT2D eigenvalue weighted by Gasteiger charge is 2.04. The number of hydrogen-bond acceptors (Lipinski definition) is 4. The summed E-state index contributed by atoms with van der Waals surface area (Å²) in [6.45, 7) is 4.69. The molecule has 23 heavy (non-hydrogen) atoms. The van der Waals surface area contributed by atoms with Gasteiger partial charge >= 0.3 is 0 Å². The van der Waals surface area contributed by atoms with Crippen LogP contribution in [-0.2, 0) is 19.4 Å². The molecule has 1 heterocycles. The molecule has 0 N–H and O–H groups in total. The molecular formula is C17H25BrN4O. The Morgan fingerprint density at radius 2 is 2.13 bits per heavy atom. The Kier molecular flexibility index (Phi) is 7.05. The van der Waals surface area contributed by atoms with Gasteiger partial charge in [-0.1, -0.05) is 18.2 Å². The fraction of sp³-hybridized carbons (Fsp3) is 0.529. The van der Waals surface area contributed by atoms with Crippen molar-refractivity contribution in [3.63, 3.8) is 0 Å². The van der Waals surface area contributed by atoms with Crippen LogP contribution >= 0.6 is 15.9 Å². The largest absolute Gasteiger partial charge is 0.492 e. The molecule has 0 fully saturated rings. The third kappa shape index (κ3) is 5.95. The van der Waals surface area contributed by atoms with Crippen LogP contribution in [-0.4, -0.2) is 47.1 Å². The molecule has 2 aromatic rings. The third-order valence-corrected chi connectivity index (χ3v) is 4.20. The van der Waals surface area contributed by atoms with Gasteiger partial charge in [0.25, 0.3) is 0 Å². The highest BCUT2D eigenvalue weighted by atomic mass is 79.9. The predicted octanol–water partition coefficient (Wildman–Crippen LogP) is 3.18. The summed E-state index contributed by atoms with van der Waals surface area (Å²) < 4.78 is 8.73. The maximum Gasteiger partial charge on any atom is 0.133 e. The van der Waals surface area contributed by atoms with Crippen molar-refractivity contribution in [3.05, 3.63) is 40.1 Å². The van der Waals surface area contributed by atoms with E-state index in [4.69, 9.17) is 4.74 Å². The molecule has 0 spiro atoms. The summed E-state index contributed by atoms with van der Waals surface area (Å²) >= 11 is 3.60. The van der Waals surface area contributed by atoms with Crippen LogP contribution < -0.4 is 4.74 Å². The van der Waals surface area contributed by atoms with Gasteiger partial charge in [-0.15, -0.1) is 5.10 Å². The van der Waals surface area contributed by atoms with Gasteiger partial charge in [0.05, 0.1) is 16.8 Å². The number of aromatic nitrogens is 3. The Balaban J connectivity index is 1.83. The molecular weight excluding hydrogens is 356 g/mol. The van der Waals surface area contributed by atoms with Crippen molar-refractivity contribution in [2.45, 2.75) is 32.7 Å². The van der Waals surface area contributed by atoms with E-state index in [9.17, 15) is 0 Å². The minimum absolute atomic E-state index is 0.731. The molecule has 1 aromatic heterocycles. The molecule has 6 heteroatoms. The molecule has 0 atom stereocenters. The van der Waals surface area contributed by atoms with E-state index in [0.717, 1.165) is 54.9 Å². The average Bonchev–Trinajstić information content (AvgIpc) is 2.99. The van der Waals surface area contributed by atoms with Crippen LogP contribution in [0.5, 0.6) is 5.75 Å². The van der Waals surface area contributed by atoms with E-state index >= 15 is 0 Å². The normalized spacial score (nSPS) is 11.2. The summed E-state index contributed by atoms with van der Waals surface area (Å²) in [7, 11) is 4.15. The lowest BCUT2D eigenvalue weighted by Gasteiger charge is -2.12. The van der Waals surface area contributed by atoms with Crippen LogP contribution in [0.4, 0.5) is 0 Å². The summed E-state index contributed by atoms with van der Waals surface area (Å²) in [6.07, 6.45) is 4.88. The molecule has 0 aliphatic rings. The molecule has 5 nitrogen and oxygen atoms in total. The predicted molar refractivity (Wildman–Crippen MR) is 95.9 cm³/mol. The van der Waals surface area contributed by atoms with Crippen LogP contribution in [0.15, 0.2) is 28.9 Å². The monoisotopic (exact) mass is 380 g/mol. The van der Waals surface area contributed by atoms with Gasteiger partial charge in [0.1, 0.15) is 5.75 Å². The molecule has 0 saturated heterocycles. The minimum Gasteiger partial charge on any atom is -0.492 e. The summed E-state index contributed by atoms with van der Waals surface area (Å²) in [5.74, 6) is 0.904. The topological polar surface area (TPSA) is 43.2 Å². The second-order valence-corrected chi connectivity index (χ2v) is 6.70. The number of aryl methyl sites for hydroxylation is 3. The smallest absolute Gasteiger partial charge is 0.133 e. The van der Waals surface area contributed by atoms with Crippen molar-refractivity contribution in [1.29, 1.82) is 0 Å². The van der Waals surface area contributed by atoms with Gasteiger partial charge in [-0.3, -0.25) is 4.68 Å². The number of rotatable bonds is 9. The molecule has 0 unspecified atom stereocenters. The van der Waals surface area contributed by atoms with Crippen LogP contribution in [0, 0.1) is 0 Å². The van der Waals surface area contributed by atoms with E-state index in [1.54, 1.807) is 0 Å². The Morgan fingerprint density at radius 3 is 2.78 bits per heavy atom. The molecule has 0 saturated carbocycles. The lowest BCUT2D eigenvalue weighted by molar-refractivity contribution is 0.280. The molecule has 126 valence electrons. The minimum atomic E-state index is 0.731. The fourth-order valence-corrected chi connectivity index (χ4v) is 2.77. The second-order valence-electron chi connectivity index (χ2n) is 5.85. The first-order chi connectivity index (χ1) is 11.1. The number of nitrogens with zero attached hydrogens (tertiary/aromatic N) is 4. The molecule has 0 aliphatic carbocycles. The highest BCUT2D eigenvalue weighted by Crippen LogP contribution is 2.26. The first kappa shape index (κ1) is 17.9. The number of hydrogen-bond donors (Lipinski definition) is 0. The van der Waals surface area contributed by atoms with Crippen LogP contribution in [0.1, 0.15) is 24.6 Å². The van der Waals surface area contributed by atoms with Gasteiger partial charge in [0.2, 0.25) is 0 Å². The standard InChI is InChI=1S/C17H25BrN4O/c1-4-15-13-22(20-19-15)10-8-14-6-7-17(16(18)12-14)23-11-5-9-21(2)3/h6-7,12-13H,4-5,8-11H2,1-3H3. The first-order valence-electron chi connectivity index (χ1n) is 8.03. The van der Waals surface area contributed by atoms with Crippen LogP contribution in [0.3, 0.4) is 0 Å². The number of ether oxygens (including phenoxy) is 1. The molecule has 0 amide bonds. The summed E-state index contributed by atoms with van der Waals surface area (Å²) in [6, 6.07) is 6.27. The Morgan fingerprint density at radius 1 is 1.30 bits per heavy atom. The Labute approximate surface area is 146 Å². The van der Waals surface area contributed by atoms with E-state index in [0.29, 0.717) is 0 Å². The van der Waals surface area contributed by atoms with E-state index in [-0.39, 0.29) is 0 Å². The lowest BCUT2D eigenvalue weighted by atomic mass is 10.1. The van der Waals surface area contributed by atoms with E-state index in [1.165, 1.54) is 5.56 Å². The van der Waals surface area contributed by atoms with Crippen molar-refractivity contribution in [2.75, 3.05) is 27.2 Å². The van der Waals surface area contributed by atoms with E-state index in [2.05, 4.69) is 64.3 Å². The van der Waals surface area contributed by atoms with Crippen molar-refractivity contribution in [1.82, 2.24) is 19.9 Å². The van der Waals surface area contributed by atoms with Crippen LogP contribution in [0.2, 0.25) is 0 Å². The van der Waals surface area contributed by atoms with Gasteiger partial charge < -0.3 is 9.64 Å². The molecule has 0 radical (unpaired) electrons. The zero-order valence-electron chi connectivity index (χ0n) is 14.1. The van der Waals surface area contributed by atoms with Crippen molar-refractivity contribution < 1.29 is 4.74 Å². The Bertz CT molecular complexity index is 612. The zero-order valence-corrected chi connectivity index (χ0v) is 15.7. The molecule has 0 aliphatic heterocycles. The van der Waals surface area contributed by atoms with E-state index in [1.807, 2.05) is 16.9 Å². The molecule has 2 rings (SSSR count). The summed E-state index contributed by atoms with van der Waals surface area (Å²) in [4.78, 5) is 2.16. The van der Waals surface area contributed by atoms with E-state index < -0.39 is 0 Å². The summed E-state index contributed by atoms with van der Waals surface area (Å²) in [5.41, 5.74) is 2.29. The number of benzene rings is 1. The maximum atomic E-state index is 5.82. The fourth-order valence-electron chi connectivity index (χ4n) is 2.23. The molecule has 1 aromatic carbocycles. The van der Waals surface area contributed by atoms with Gasteiger partial charge in [0, 0.05) is 19.3 Å². The van der Waals surface area contributed by atoms with Crippen molar-refractivity contribution >= 4 is 15.9 Å². The highest BCUT2D eigenvalue weighted by molar-refractivity contribution is 9.10. The second kappa shape index (κ2) is 9.03. The maximum absolute atomic E-state index is 5.82. The Hall–Kier alpha value is -1.40. The van der Waals surface area contributed by atoms with Crippen molar-refractivity contribution in [2.24, 2.45) is 0 Å². The molecule has 0 bridgehead atoms. The summed E-state index contributed by atoms with van der Waals surface area (Å²) in [5, 5.41) is 8.25. The average molecular weight is 381 g/mol. The lowest BCUT2D eigenvalue weighted by Crippen LogP contribution is -2.15. The first-order valence-corrected chi connectivity index (χ1v) is 8.82.